The first-order chi connectivity index (χ1) is 8.96. The molecule has 1 aromatic rings. The lowest BCUT2D eigenvalue weighted by molar-refractivity contribution is 0.280. The maximum Gasteiger partial charge on any atom is 0.243 e. The van der Waals surface area contributed by atoms with Crippen LogP contribution in [0.15, 0.2) is 23.1 Å². The van der Waals surface area contributed by atoms with Gasteiger partial charge in [0.15, 0.2) is 0 Å². The summed E-state index contributed by atoms with van der Waals surface area (Å²) in [6, 6.07) is 5.09. The number of hydrogen-bond acceptors (Lipinski definition) is 3. The zero-order valence-corrected chi connectivity index (χ0v) is 12.3. The predicted molar refractivity (Wildman–Crippen MR) is 74.4 cm³/mol. The maximum absolute atomic E-state index is 12.4. The molecule has 5 heteroatoms. The maximum atomic E-state index is 12.4. The summed E-state index contributed by atoms with van der Waals surface area (Å²) in [5.41, 5.74) is 1.71. The zero-order valence-electron chi connectivity index (χ0n) is 11.5. The van der Waals surface area contributed by atoms with Crippen LogP contribution in [0.3, 0.4) is 0 Å². The van der Waals surface area contributed by atoms with E-state index in [0.29, 0.717) is 23.5 Å². The summed E-state index contributed by atoms with van der Waals surface area (Å²) < 4.78 is 26.4. The van der Waals surface area contributed by atoms with Gasteiger partial charge in [0.2, 0.25) is 10.0 Å². The summed E-state index contributed by atoms with van der Waals surface area (Å²) in [5, 5.41) is 9.41. The molecule has 106 valence electrons. The highest BCUT2D eigenvalue weighted by Gasteiger charge is 2.27. The second kappa shape index (κ2) is 5.61. The van der Waals surface area contributed by atoms with Gasteiger partial charge in [-0.1, -0.05) is 19.9 Å². The minimum atomic E-state index is -3.39. The Morgan fingerprint density at radius 1 is 1.26 bits per heavy atom. The van der Waals surface area contributed by atoms with Crippen LogP contribution in [0.2, 0.25) is 0 Å². The van der Waals surface area contributed by atoms with Crippen LogP contribution < -0.4 is 0 Å². The van der Waals surface area contributed by atoms with Crippen molar-refractivity contribution < 1.29 is 13.5 Å². The third kappa shape index (κ3) is 2.83. The van der Waals surface area contributed by atoms with E-state index >= 15 is 0 Å². The van der Waals surface area contributed by atoms with Gasteiger partial charge in [0.25, 0.3) is 0 Å². The van der Waals surface area contributed by atoms with E-state index < -0.39 is 10.0 Å². The molecule has 0 amide bonds. The largest absolute Gasteiger partial charge is 0.392 e. The zero-order chi connectivity index (χ0) is 14.0. The van der Waals surface area contributed by atoms with Gasteiger partial charge >= 0.3 is 0 Å². The molecule has 1 heterocycles. The van der Waals surface area contributed by atoms with Crippen molar-refractivity contribution in [2.24, 2.45) is 0 Å². The molecule has 0 aliphatic carbocycles. The molecule has 1 fully saturated rings. The molecule has 1 aliphatic heterocycles. The number of benzene rings is 1. The van der Waals surface area contributed by atoms with Gasteiger partial charge in [0, 0.05) is 13.1 Å². The Balaban J connectivity index is 2.40. The number of nitrogens with zero attached hydrogens (tertiary/aromatic N) is 1. The van der Waals surface area contributed by atoms with Crippen molar-refractivity contribution >= 4 is 10.0 Å². The standard InChI is InChI=1S/C14H21NO3S/c1-11(2)14-6-5-13(9-12(14)10-16)19(17,18)15-7-3-4-8-15/h5-6,9,11,16H,3-4,7-8,10H2,1-2H3. The van der Waals surface area contributed by atoms with Crippen molar-refractivity contribution in [1.82, 2.24) is 4.31 Å². The molecule has 0 saturated carbocycles. The van der Waals surface area contributed by atoms with E-state index in [4.69, 9.17) is 0 Å². The van der Waals surface area contributed by atoms with Gasteiger partial charge in [-0.15, -0.1) is 0 Å². The molecule has 0 radical (unpaired) electrons. The summed E-state index contributed by atoms with van der Waals surface area (Å²) in [4.78, 5) is 0.294. The van der Waals surface area contributed by atoms with Crippen molar-refractivity contribution in [1.29, 1.82) is 0 Å². The molecule has 0 bridgehead atoms. The molecule has 0 unspecified atom stereocenters. The molecule has 0 atom stereocenters. The highest BCUT2D eigenvalue weighted by molar-refractivity contribution is 7.89. The average Bonchev–Trinajstić information content (AvgIpc) is 2.92. The Hall–Kier alpha value is -0.910. The van der Waals surface area contributed by atoms with E-state index in [0.717, 1.165) is 18.4 Å². The molecule has 1 aliphatic rings. The molecule has 0 aromatic heterocycles. The lowest BCUT2D eigenvalue weighted by Gasteiger charge is -2.18. The molecule has 0 spiro atoms. The minimum absolute atomic E-state index is 0.128. The summed E-state index contributed by atoms with van der Waals surface area (Å²) in [5.74, 6) is 0.269. The summed E-state index contributed by atoms with van der Waals surface area (Å²) in [6.45, 7) is 5.13. The van der Waals surface area contributed by atoms with E-state index in [9.17, 15) is 13.5 Å². The molecule has 1 aromatic carbocycles. The molecule has 1 saturated heterocycles. The number of aliphatic hydroxyl groups excluding tert-OH is 1. The van der Waals surface area contributed by atoms with Crippen LogP contribution in [0.1, 0.15) is 43.7 Å². The van der Waals surface area contributed by atoms with Gasteiger partial charge in [-0.3, -0.25) is 0 Å². The van der Waals surface area contributed by atoms with Gasteiger partial charge in [-0.05, 0) is 42.0 Å². The van der Waals surface area contributed by atoms with Crippen LogP contribution in [0, 0.1) is 0 Å². The van der Waals surface area contributed by atoms with Crippen molar-refractivity contribution in [3.05, 3.63) is 29.3 Å². The number of rotatable bonds is 4. The second-order valence-electron chi connectivity index (χ2n) is 5.28. The first kappa shape index (κ1) is 14.5. The molecular formula is C14H21NO3S. The summed E-state index contributed by atoms with van der Waals surface area (Å²) >= 11 is 0. The normalized spacial score (nSPS) is 17.3. The number of sulfonamides is 1. The fourth-order valence-electron chi connectivity index (χ4n) is 2.52. The Morgan fingerprint density at radius 2 is 1.89 bits per heavy atom. The first-order valence-corrected chi connectivity index (χ1v) is 8.14. The average molecular weight is 283 g/mol. The molecule has 4 nitrogen and oxygen atoms in total. The lowest BCUT2D eigenvalue weighted by atomic mass is 9.98. The monoisotopic (exact) mass is 283 g/mol. The van der Waals surface area contributed by atoms with Crippen molar-refractivity contribution in [3.8, 4) is 0 Å². The Morgan fingerprint density at radius 3 is 2.42 bits per heavy atom. The third-order valence-electron chi connectivity index (χ3n) is 3.61. The van der Waals surface area contributed by atoms with Gasteiger partial charge in [0.05, 0.1) is 11.5 Å². The Labute approximate surface area is 115 Å². The van der Waals surface area contributed by atoms with Crippen LogP contribution in [0.25, 0.3) is 0 Å². The highest BCUT2D eigenvalue weighted by atomic mass is 32.2. The van der Waals surface area contributed by atoms with Crippen molar-refractivity contribution in [2.45, 2.75) is 44.1 Å². The van der Waals surface area contributed by atoms with Gasteiger partial charge in [-0.25, -0.2) is 8.42 Å². The summed E-state index contributed by atoms with van der Waals surface area (Å²) in [7, 11) is -3.39. The van der Waals surface area contributed by atoms with Gasteiger partial charge in [0.1, 0.15) is 0 Å². The van der Waals surface area contributed by atoms with Crippen molar-refractivity contribution in [3.63, 3.8) is 0 Å². The van der Waals surface area contributed by atoms with Gasteiger partial charge < -0.3 is 5.11 Å². The van der Waals surface area contributed by atoms with Crippen LogP contribution in [0.4, 0.5) is 0 Å². The molecule has 19 heavy (non-hydrogen) atoms. The quantitative estimate of drug-likeness (QED) is 0.920. The topological polar surface area (TPSA) is 57.6 Å². The Bertz CT molecular complexity index is 546. The fourth-order valence-corrected chi connectivity index (χ4v) is 4.09. The van der Waals surface area contributed by atoms with Gasteiger partial charge in [-0.2, -0.15) is 4.31 Å². The second-order valence-corrected chi connectivity index (χ2v) is 7.22. The predicted octanol–water partition coefficient (Wildman–Crippen LogP) is 2.09. The molecular weight excluding hydrogens is 262 g/mol. The highest BCUT2D eigenvalue weighted by Crippen LogP contribution is 2.26. The van der Waals surface area contributed by atoms with E-state index in [1.54, 1.807) is 12.1 Å². The van der Waals surface area contributed by atoms with E-state index in [1.807, 2.05) is 19.9 Å². The van der Waals surface area contributed by atoms with E-state index in [1.165, 1.54) is 4.31 Å². The fraction of sp³-hybridized carbons (Fsp3) is 0.571. The summed E-state index contributed by atoms with van der Waals surface area (Å²) in [6.07, 6.45) is 1.85. The van der Waals surface area contributed by atoms with Crippen molar-refractivity contribution in [2.75, 3.05) is 13.1 Å². The lowest BCUT2D eigenvalue weighted by Crippen LogP contribution is -2.28. The smallest absolute Gasteiger partial charge is 0.243 e. The molecule has 1 N–H and O–H groups in total. The van der Waals surface area contributed by atoms with Crippen LogP contribution in [0.5, 0.6) is 0 Å². The number of hydrogen-bond donors (Lipinski definition) is 1. The first-order valence-electron chi connectivity index (χ1n) is 6.70. The SMILES string of the molecule is CC(C)c1ccc(S(=O)(=O)N2CCCC2)cc1CO. The van der Waals surface area contributed by atoms with Crippen LogP contribution in [-0.4, -0.2) is 30.9 Å². The molecule has 2 rings (SSSR count). The Kier molecular flexibility index (Phi) is 4.28. The van der Waals surface area contributed by atoms with Crippen LogP contribution >= 0.6 is 0 Å². The van der Waals surface area contributed by atoms with Crippen LogP contribution in [-0.2, 0) is 16.6 Å². The third-order valence-corrected chi connectivity index (χ3v) is 5.50. The number of aliphatic hydroxyl groups is 1. The van der Waals surface area contributed by atoms with E-state index in [2.05, 4.69) is 0 Å². The van der Waals surface area contributed by atoms with E-state index in [-0.39, 0.29) is 12.5 Å². The minimum Gasteiger partial charge on any atom is -0.392 e.